The number of carbonyl (C=O) groups is 2. The minimum Gasteiger partial charge on any atom is -0.365 e. The molecule has 11 heteroatoms. The van der Waals surface area contributed by atoms with E-state index in [1.165, 1.54) is 27.0 Å². The molecule has 4 rings (SSSR count). The van der Waals surface area contributed by atoms with Gasteiger partial charge in [0.15, 0.2) is 0 Å². The lowest BCUT2D eigenvalue weighted by Gasteiger charge is -2.30. The molecule has 0 saturated carbocycles. The number of hydrogen-bond donors (Lipinski definition) is 2. The van der Waals surface area contributed by atoms with Gasteiger partial charge in [0.25, 0.3) is 15.9 Å². The number of likely N-dealkylation sites (N-methyl/N-ethyl adjacent to an activating group) is 1. The molecule has 2 aliphatic heterocycles. The van der Waals surface area contributed by atoms with Crippen LogP contribution in [0.5, 0.6) is 0 Å². The summed E-state index contributed by atoms with van der Waals surface area (Å²) in [5.41, 5.74) is 6.99. The summed E-state index contributed by atoms with van der Waals surface area (Å²) in [5, 5.41) is 5.11. The Morgan fingerprint density at radius 2 is 2.13 bits per heavy atom. The van der Waals surface area contributed by atoms with Crippen molar-refractivity contribution in [2.75, 3.05) is 31.5 Å². The highest BCUT2D eigenvalue weighted by molar-refractivity contribution is 7.91. The van der Waals surface area contributed by atoms with Crippen molar-refractivity contribution < 1.29 is 18.0 Å². The van der Waals surface area contributed by atoms with Gasteiger partial charge in [0.2, 0.25) is 5.91 Å². The number of thiophene rings is 2. The molecule has 168 valence electrons. The lowest BCUT2D eigenvalue weighted by molar-refractivity contribution is -0.120. The smallest absolute Gasteiger partial charge is 0.252 e. The highest BCUT2D eigenvalue weighted by atomic mass is 32.2. The molecule has 1 fully saturated rings. The number of sulfonamides is 1. The van der Waals surface area contributed by atoms with Crippen LogP contribution in [0.3, 0.4) is 0 Å². The summed E-state index contributed by atoms with van der Waals surface area (Å²) in [6.07, 6.45) is 1.94. The molecule has 8 nitrogen and oxygen atoms in total. The van der Waals surface area contributed by atoms with E-state index in [1.807, 2.05) is 0 Å². The Kier molecular flexibility index (Phi) is 6.50. The number of rotatable bonds is 6. The molecule has 1 unspecified atom stereocenters. The first kappa shape index (κ1) is 22.4. The van der Waals surface area contributed by atoms with Crippen molar-refractivity contribution in [3.8, 4) is 0 Å². The maximum Gasteiger partial charge on any atom is 0.252 e. The standard InChI is InChI=1S/C20H26N4O4S3/c1-2-23-9-7-14-15(12-23)30-20(17(14)18(21)25)22-19(26)13-5-3-8-24(11-13)31(27,28)16-6-4-10-29-16/h4,6,10,13H,2-3,5,7-9,11-12H2,1H3,(H2,21,25)(H,22,26). The van der Waals surface area contributed by atoms with Crippen molar-refractivity contribution in [1.82, 2.24) is 9.21 Å². The van der Waals surface area contributed by atoms with Crippen LogP contribution in [0.4, 0.5) is 5.00 Å². The zero-order chi connectivity index (χ0) is 22.2. The van der Waals surface area contributed by atoms with Crippen molar-refractivity contribution >= 4 is 49.5 Å². The molecule has 4 heterocycles. The highest BCUT2D eigenvalue weighted by Crippen LogP contribution is 2.37. The highest BCUT2D eigenvalue weighted by Gasteiger charge is 2.35. The number of nitrogens with zero attached hydrogens (tertiary/aromatic N) is 2. The molecular formula is C20H26N4O4S3. The van der Waals surface area contributed by atoms with Gasteiger partial charge in [-0.1, -0.05) is 13.0 Å². The Bertz CT molecular complexity index is 1080. The van der Waals surface area contributed by atoms with Gasteiger partial charge in [0.1, 0.15) is 9.21 Å². The molecule has 2 amide bonds. The lowest BCUT2D eigenvalue weighted by atomic mass is 9.98. The van der Waals surface area contributed by atoms with Crippen LogP contribution in [0, 0.1) is 5.92 Å². The fourth-order valence-corrected chi connectivity index (χ4v) is 8.17. The first-order valence-electron chi connectivity index (χ1n) is 10.3. The summed E-state index contributed by atoms with van der Waals surface area (Å²) in [5.74, 6) is -1.28. The van der Waals surface area contributed by atoms with E-state index in [0.29, 0.717) is 30.0 Å². The minimum absolute atomic E-state index is 0.132. The number of hydrogen-bond acceptors (Lipinski definition) is 7. The van der Waals surface area contributed by atoms with Crippen molar-refractivity contribution in [2.45, 2.75) is 36.9 Å². The molecular weight excluding hydrogens is 456 g/mol. The number of primary amides is 1. The van der Waals surface area contributed by atoms with Crippen molar-refractivity contribution in [3.63, 3.8) is 0 Å². The summed E-state index contributed by atoms with van der Waals surface area (Å²) in [6, 6.07) is 3.29. The average Bonchev–Trinajstić information content (AvgIpc) is 3.41. The third-order valence-corrected chi connectivity index (χ3v) is 10.3. The molecule has 0 aliphatic carbocycles. The second kappa shape index (κ2) is 8.99. The Hall–Kier alpha value is -1.79. The summed E-state index contributed by atoms with van der Waals surface area (Å²) in [7, 11) is -3.60. The van der Waals surface area contributed by atoms with E-state index in [2.05, 4.69) is 17.1 Å². The van der Waals surface area contributed by atoms with E-state index >= 15 is 0 Å². The number of nitrogens with one attached hydrogen (secondary N) is 1. The third kappa shape index (κ3) is 4.42. The van der Waals surface area contributed by atoms with Crippen molar-refractivity contribution in [3.05, 3.63) is 33.5 Å². The number of anilines is 1. The van der Waals surface area contributed by atoms with E-state index in [9.17, 15) is 18.0 Å². The topological polar surface area (TPSA) is 113 Å². The summed E-state index contributed by atoms with van der Waals surface area (Å²) in [4.78, 5) is 28.5. The summed E-state index contributed by atoms with van der Waals surface area (Å²) < 4.78 is 27.4. The average molecular weight is 483 g/mol. The lowest BCUT2D eigenvalue weighted by Crippen LogP contribution is -2.43. The van der Waals surface area contributed by atoms with Crippen LogP contribution < -0.4 is 11.1 Å². The number of carbonyl (C=O) groups excluding carboxylic acids is 2. The number of amides is 2. The van der Waals surface area contributed by atoms with Crippen LogP contribution in [-0.2, 0) is 27.8 Å². The van der Waals surface area contributed by atoms with E-state index in [-0.39, 0.29) is 16.7 Å². The van der Waals surface area contributed by atoms with Gasteiger partial charge in [-0.3, -0.25) is 14.5 Å². The van der Waals surface area contributed by atoms with Crippen LogP contribution in [0.25, 0.3) is 0 Å². The quantitative estimate of drug-likeness (QED) is 0.656. The molecule has 31 heavy (non-hydrogen) atoms. The largest absolute Gasteiger partial charge is 0.365 e. The van der Waals surface area contributed by atoms with Gasteiger partial charge in [-0.15, -0.1) is 22.7 Å². The normalized spacial score (nSPS) is 20.4. The SMILES string of the molecule is CCN1CCc2c(sc(NC(=O)C3CCCN(S(=O)(=O)c4cccs4)C3)c2C(N)=O)C1. The van der Waals surface area contributed by atoms with Gasteiger partial charge in [-0.05, 0) is 42.8 Å². The van der Waals surface area contributed by atoms with E-state index in [1.54, 1.807) is 17.5 Å². The van der Waals surface area contributed by atoms with E-state index < -0.39 is 21.8 Å². The maximum atomic E-state index is 13.0. The maximum absolute atomic E-state index is 13.0. The zero-order valence-electron chi connectivity index (χ0n) is 17.3. The number of fused-ring (bicyclic) bond motifs is 1. The van der Waals surface area contributed by atoms with Crippen molar-refractivity contribution in [1.29, 1.82) is 0 Å². The summed E-state index contributed by atoms with van der Waals surface area (Å²) in [6.45, 7) is 5.13. The fourth-order valence-electron chi connectivity index (χ4n) is 4.20. The monoisotopic (exact) mass is 482 g/mol. The number of nitrogens with two attached hydrogens (primary N) is 1. The predicted molar refractivity (Wildman–Crippen MR) is 122 cm³/mol. The first-order valence-corrected chi connectivity index (χ1v) is 13.5. The fraction of sp³-hybridized carbons (Fsp3) is 0.500. The molecule has 0 radical (unpaired) electrons. The Morgan fingerprint density at radius 3 is 2.81 bits per heavy atom. The zero-order valence-corrected chi connectivity index (χ0v) is 19.7. The van der Waals surface area contributed by atoms with E-state index in [0.717, 1.165) is 36.5 Å². The second-order valence-corrected chi connectivity index (χ2v) is 12.0. The molecule has 0 aromatic carbocycles. The Labute approximate surface area is 190 Å². The predicted octanol–water partition coefficient (Wildman–Crippen LogP) is 2.33. The third-order valence-electron chi connectivity index (χ3n) is 5.91. The van der Waals surface area contributed by atoms with Gasteiger partial charge in [-0.2, -0.15) is 4.31 Å². The van der Waals surface area contributed by atoms with Crippen LogP contribution in [0.1, 0.15) is 40.6 Å². The van der Waals surface area contributed by atoms with Gasteiger partial charge >= 0.3 is 0 Å². The molecule has 2 aromatic heterocycles. The molecule has 0 spiro atoms. The molecule has 2 aliphatic rings. The van der Waals surface area contributed by atoms with Crippen molar-refractivity contribution in [2.24, 2.45) is 11.7 Å². The second-order valence-electron chi connectivity index (χ2n) is 7.81. The Morgan fingerprint density at radius 1 is 1.32 bits per heavy atom. The molecule has 1 atom stereocenters. The van der Waals surface area contributed by atoms with Crippen LogP contribution >= 0.6 is 22.7 Å². The number of piperidine rings is 1. The Balaban J connectivity index is 1.52. The molecule has 3 N–H and O–H groups in total. The molecule has 1 saturated heterocycles. The van der Waals surface area contributed by atoms with Gasteiger partial charge in [-0.25, -0.2) is 8.42 Å². The van der Waals surface area contributed by atoms with Crippen LogP contribution in [0.15, 0.2) is 21.7 Å². The minimum atomic E-state index is -3.60. The van der Waals surface area contributed by atoms with Crippen LogP contribution in [-0.4, -0.2) is 55.6 Å². The molecule has 0 bridgehead atoms. The summed E-state index contributed by atoms with van der Waals surface area (Å²) >= 11 is 2.58. The molecule has 2 aromatic rings. The van der Waals surface area contributed by atoms with Gasteiger partial charge in [0.05, 0.1) is 11.5 Å². The van der Waals surface area contributed by atoms with Gasteiger partial charge < -0.3 is 11.1 Å². The van der Waals surface area contributed by atoms with Gasteiger partial charge in [0, 0.05) is 31.1 Å². The van der Waals surface area contributed by atoms with Crippen LogP contribution in [0.2, 0.25) is 0 Å². The first-order chi connectivity index (χ1) is 14.8. The van der Waals surface area contributed by atoms with E-state index in [4.69, 9.17) is 5.73 Å².